The summed E-state index contributed by atoms with van der Waals surface area (Å²) in [5.74, 6) is 1.60. The van der Waals surface area contributed by atoms with Gasteiger partial charge in [-0.05, 0) is 37.0 Å². The number of amides is 1. The van der Waals surface area contributed by atoms with E-state index < -0.39 is 0 Å². The van der Waals surface area contributed by atoms with Gasteiger partial charge in [0.05, 0.1) is 24.7 Å². The highest BCUT2D eigenvalue weighted by molar-refractivity contribution is 7.99. The zero-order valence-corrected chi connectivity index (χ0v) is 16.9. The number of furan rings is 1. The van der Waals surface area contributed by atoms with Crippen LogP contribution in [0.5, 0.6) is 0 Å². The Hall–Kier alpha value is -2.58. The van der Waals surface area contributed by atoms with Gasteiger partial charge in [-0.25, -0.2) is 0 Å². The lowest BCUT2D eigenvalue weighted by atomic mass is 10.1. The fraction of sp³-hybridized carbons (Fsp3) is 0.381. The van der Waals surface area contributed by atoms with Crippen molar-refractivity contribution in [2.24, 2.45) is 0 Å². The van der Waals surface area contributed by atoms with Gasteiger partial charge in [0.1, 0.15) is 0 Å². The van der Waals surface area contributed by atoms with Crippen molar-refractivity contribution in [1.29, 1.82) is 0 Å². The van der Waals surface area contributed by atoms with Gasteiger partial charge >= 0.3 is 0 Å². The van der Waals surface area contributed by atoms with Crippen molar-refractivity contribution < 1.29 is 13.9 Å². The van der Waals surface area contributed by atoms with E-state index in [1.54, 1.807) is 6.26 Å². The van der Waals surface area contributed by atoms with Gasteiger partial charge in [-0.15, -0.1) is 10.2 Å². The van der Waals surface area contributed by atoms with E-state index in [1.807, 2.05) is 34.9 Å². The van der Waals surface area contributed by atoms with Gasteiger partial charge in [-0.3, -0.25) is 9.36 Å². The van der Waals surface area contributed by atoms with E-state index >= 15 is 0 Å². The molecule has 8 heteroatoms. The molecule has 1 N–H and O–H groups in total. The number of nitrogens with zero attached hydrogens (tertiary/aromatic N) is 3. The molecule has 1 aromatic carbocycles. The molecule has 0 aliphatic carbocycles. The molecule has 152 valence electrons. The first-order chi connectivity index (χ1) is 14.3. The molecule has 0 bridgehead atoms. The molecule has 0 radical (unpaired) electrons. The summed E-state index contributed by atoms with van der Waals surface area (Å²) in [4.78, 5) is 12.3. The van der Waals surface area contributed by atoms with Crippen LogP contribution in [0.15, 0.2) is 58.3 Å². The molecule has 2 aromatic heterocycles. The third-order valence-electron chi connectivity index (χ3n) is 4.78. The Morgan fingerprint density at radius 3 is 2.86 bits per heavy atom. The van der Waals surface area contributed by atoms with Gasteiger partial charge in [0.2, 0.25) is 11.7 Å². The maximum Gasteiger partial charge on any atom is 0.230 e. The van der Waals surface area contributed by atoms with Crippen LogP contribution < -0.4 is 5.32 Å². The number of rotatable bonds is 9. The predicted octanol–water partition coefficient (Wildman–Crippen LogP) is 3.17. The Balaban J connectivity index is 1.35. The van der Waals surface area contributed by atoms with Crippen molar-refractivity contribution in [3.05, 3.63) is 54.3 Å². The standard InChI is InChI=1S/C21H24N4O3S/c26-19(22-11-10-16-6-2-1-3-7-16)15-29-21-24-23-20(18-9-5-13-28-18)25(21)14-17-8-4-12-27-17/h1-3,5-7,9,13,17H,4,8,10-12,14-15H2,(H,22,26). The lowest BCUT2D eigenvalue weighted by molar-refractivity contribution is -0.118. The van der Waals surface area contributed by atoms with Gasteiger partial charge in [0, 0.05) is 13.2 Å². The average molecular weight is 413 g/mol. The number of thioether (sulfide) groups is 1. The van der Waals surface area contributed by atoms with Crippen molar-refractivity contribution in [3.8, 4) is 11.6 Å². The summed E-state index contributed by atoms with van der Waals surface area (Å²) in [7, 11) is 0. The molecule has 3 aromatic rings. The predicted molar refractivity (Wildman–Crippen MR) is 111 cm³/mol. The quantitative estimate of drug-likeness (QED) is 0.544. The fourth-order valence-corrected chi connectivity index (χ4v) is 4.09. The van der Waals surface area contributed by atoms with E-state index in [2.05, 4.69) is 27.6 Å². The molecule has 7 nitrogen and oxygen atoms in total. The van der Waals surface area contributed by atoms with E-state index in [0.29, 0.717) is 29.8 Å². The Labute approximate surface area is 173 Å². The zero-order valence-electron chi connectivity index (χ0n) is 16.1. The third kappa shape index (κ3) is 5.27. The summed E-state index contributed by atoms with van der Waals surface area (Å²) in [5.41, 5.74) is 1.21. The number of aromatic nitrogens is 3. The fourth-order valence-electron chi connectivity index (χ4n) is 3.31. The van der Waals surface area contributed by atoms with Gasteiger partial charge in [0.25, 0.3) is 0 Å². The minimum atomic E-state index is -0.0165. The summed E-state index contributed by atoms with van der Waals surface area (Å²) in [6, 6.07) is 13.8. The third-order valence-corrected chi connectivity index (χ3v) is 5.75. The highest BCUT2D eigenvalue weighted by Gasteiger charge is 2.23. The van der Waals surface area contributed by atoms with Crippen molar-refractivity contribution in [3.63, 3.8) is 0 Å². The van der Waals surface area contributed by atoms with Crippen LogP contribution in [0.4, 0.5) is 0 Å². The second-order valence-electron chi connectivity index (χ2n) is 6.90. The van der Waals surface area contributed by atoms with E-state index in [-0.39, 0.29) is 17.8 Å². The molecule has 0 spiro atoms. The molecule has 1 unspecified atom stereocenters. The summed E-state index contributed by atoms with van der Waals surface area (Å²) >= 11 is 1.38. The van der Waals surface area contributed by atoms with Crippen LogP contribution in [0, 0.1) is 0 Å². The van der Waals surface area contributed by atoms with Crippen molar-refractivity contribution in [2.45, 2.75) is 37.1 Å². The highest BCUT2D eigenvalue weighted by Crippen LogP contribution is 2.26. The molecule has 1 atom stereocenters. The number of hydrogen-bond acceptors (Lipinski definition) is 6. The smallest absolute Gasteiger partial charge is 0.230 e. The number of carbonyl (C=O) groups excluding carboxylic acids is 1. The molecule has 3 heterocycles. The van der Waals surface area contributed by atoms with E-state index in [9.17, 15) is 4.79 Å². The van der Waals surface area contributed by atoms with Gasteiger partial charge < -0.3 is 14.5 Å². The molecule has 4 rings (SSSR count). The van der Waals surface area contributed by atoms with Crippen molar-refractivity contribution in [2.75, 3.05) is 18.9 Å². The number of hydrogen-bond donors (Lipinski definition) is 1. The summed E-state index contributed by atoms with van der Waals surface area (Å²) in [6.07, 6.45) is 4.65. The van der Waals surface area contributed by atoms with Crippen LogP contribution in [-0.2, 0) is 22.5 Å². The van der Waals surface area contributed by atoms with Crippen LogP contribution in [0.3, 0.4) is 0 Å². The first-order valence-electron chi connectivity index (χ1n) is 9.81. The molecule has 1 aliphatic heterocycles. The summed E-state index contributed by atoms with van der Waals surface area (Å²) < 4.78 is 13.3. The molecule has 29 heavy (non-hydrogen) atoms. The number of ether oxygens (including phenoxy) is 1. The number of carbonyl (C=O) groups is 1. The van der Waals surface area contributed by atoms with Crippen molar-refractivity contribution >= 4 is 17.7 Å². The Morgan fingerprint density at radius 2 is 2.10 bits per heavy atom. The lowest BCUT2D eigenvalue weighted by Crippen LogP contribution is -2.27. The molecule has 1 fully saturated rings. The van der Waals surface area contributed by atoms with Crippen LogP contribution in [-0.4, -0.2) is 45.7 Å². The zero-order chi connectivity index (χ0) is 19.9. The number of benzene rings is 1. The first kappa shape index (κ1) is 19.7. The topological polar surface area (TPSA) is 82.2 Å². The van der Waals surface area contributed by atoms with E-state index in [4.69, 9.17) is 9.15 Å². The second kappa shape index (κ2) is 9.76. The maximum absolute atomic E-state index is 12.3. The van der Waals surface area contributed by atoms with Gasteiger partial charge in [-0.2, -0.15) is 0 Å². The maximum atomic E-state index is 12.3. The minimum absolute atomic E-state index is 0.0165. The summed E-state index contributed by atoms with van der Waals surface area (Å²) in [6.45, 7) is 2.06. The van der Waals surface area contributed by atoms with E-state index in [1.165, 1.54) is 17.3 Å². The molecule has 1 aliphatic rings. The Morgan fingerprint density at radius 1 is 1.21 bits per heavy atom. The van der Waals surface area contributed by atoms with Crippen molar-refractivity contribution in [1.82, 2.24) is 20.1 Å². The SMILES string of the molecule is O=C(CSc1nnc(-c2ccco2)n1CC1CCCO1)NCCc1ccccc1. The lowest BCUT2D eigenvalue weighted by Gasteiger charge is -2.13. The van der Waals surface area contributed by atoms with Gasteiger partial charge in [0.15, 0.2) is 10.9 Å². The van der Waals surface area contributed by atoms with Crippen LogP contribution in [0.1, 0.15) is 18.4 Å². The second-order valence-corrected chi connectivity index (χ2v) is 7.85. The van der Waals surface area contributed by atoms with E-state index in [0.717, 1.165) is 25.9 Å². The number of nitrogens with one attached hydrogen (secondary N) is 1. The molecular weight excluding hydrogens is 388 g/mol. The minimum Gasteiger partial charge on any atom is -0.461 e. The first-order valence-corrected chi connectivity index (χ1v) is 10.8. The molecule has 1 amide bonds. The van der Waals surface area contributed by atoms with Crippen LogP contribution in [0.25, 0.3) is 11.6 Å². The largest absolute Gasteiger partial charge is 0.461 e. The van der Waals surface area contributed by atoms with Gasteiger partial charge in [-0.1, -0.05) is 42.1 Å². The van der Waals surface area contributed by atoms with Crippen LogP contribution >= 0.6 is 11.8 Å². The monoisotopic (exact) mass is 412 g/mol. The molecule has 0 saturated carbocycles. The van der Waals surface area contributed by atoms with Crippen LogP contribution in [0.2, 0.25) is 0 Å². The normalized spacial score (nSPS) is 16.2. The summed E-state index contributed by atoms with van der Waals surface area (Å²) in [5, 5.41) is 12.3. The molecule has 1 saturated heterocycles. The Kier molecular flexibility index (Phi) is 6.63. The molecular formula is C21H24N4O3S. The highest BCUT2D eigenvalue weighted by atomic mass is 32.2. The average Bonchev–Trinajstić information content (AvgIpc) is 3.50. The Bertz CT molecular complexity index is 905.